The number of aromatic hydroxyl groups is 1. The highest BCUT2D eigenvalue weighted by molar-refractivity contribution is 14.1. The van der Waals surface area contributed by atoms with Gasteiger partial charge in [-0.2, -0.15) is 0 Å². The van der Waals surface area contributed by atoms with Crippen LogP contribution >= 0.6 is 22.6 Å². The van der Waals surface area contributed by atoms with Gasteiger partial charge in [0.05, 0.1) is 0 Å². The lowest BCUT2D eigenvalue weighted by molar-refractivity contribution is 0.479. The molecule has 10 heavy (non-hydrogen) atoms. The lowest BCUT2D eigenvalue weighted by Gasteiger charge is -1.99. The summed E-state index contributed by atoms with van der Waals surface area (Å²) in [6.07, 6.45) is 0. The van der Waals surface area contributed by atoms with Gasteiger partial charge in [-0.05, 0) is 11.6 Å². The third kappa shape index (κ3) is 1.65. The van der Waals surface area contributed by atoms with Gasteiger partial charge in [-0.3, -0.25) is 0 Å². The van der Waals surface area contributed by atoms with Gasteiger partial charge in [0.25, 0.3) is 0 Å². The van der Waals surface area contributed by atoms with Crippen molar-refractivity contribution in [2.75, 3.05) is 0 Å². The van der Waals surface area contributed by atoms with E-state index in [-0.39, 0.29) is 5.75 Å². The fraction of sp³-hybridized carbons (Fsp3) is 0.143. The molecule has 0 amide bonds. The summed E-state index contributed by atoms with van der Waals surface area (Å²) < 4.78 is 0.919. The van der Waals surface area contributed by atoms with Crippen LogP contribution in [0.3, 0.4) is 0 Å². The first-order valence-corrected chi connectivity index (χ1v) is 4.40. The molecule has 1 aromatic rings. The number of halogens is 1. The molecule has 0 heterocycles. The van der Waals surface area contributed by atoms with Gasteiger partial charge in [0.1, 0.15) is 13.6 Å². The number of rotatable bonds is 1. The molecule has 0 saturated heterocycles. The van der Waals surface area contributed by atoms with Crippen LogP contribution < -0.4 is 5.46 Å². The first kappa shape index (κ1) is 7.92. The summed E-state index contributed by atoms with van der Waals surface area (Å²) in [6.45, 7) is 0. The van der Waals surface area contributed by atoms with Crippen molar-refractivity contribution < 1.29 is 5.11 Å². The van der Waals surface area contributed by atoms with E-state index < -0.39 is 0 Å². The lowest BCUT2D eigenvalue weighted by Crippen LogP contribution is -2.02. The number of alkyl halides is 1. The summed E-state index contributed by atoms with van der Waals surface area (Å²) in [5.74, 6) is 0.161. The van der Waals surface area contributed by atoms with Crippen molar-refractivity contribution in [2.24, 2.45) is 0 Å². The average molecular weight is 244 g/mol. The Hall–Kier alpha value is -0.185. The Bertz CT molecular complexity index is 237. The van der Waals surface area contributed by atoms with Gasteiger partial charge >= 0.3 is 0 Å². The van der Waals surface area contributed by atoms with E-state index in [1.54, 1.807) is 12.1 Å². The minimum absolute atomic E-state index is 0.161. The molecule has 50 valence electrons. The highest BCUT2D eigenvalue weighted by Crippen LogP contribution is 2.08. The molecule has 0 aliphatic rings. The lowest BCUT2D eigenvalue weighted by atomic mass is 9.93. The molecule has 1 aromatic carbocycles. The van der Waals surface area contributed by atoms with Crippen molar-refractivity contribution in [1.82, 2.24) is 0 Å². The maximum atomic E-state index is 9.01. The van der Waals surface area contributed by atoms with Gasteiger partial charge < -0.3 is 5.11 Å². The highest BCUT2D eigenvalue weighted by Gasteiger charge is 1.94. The zero-order chi connectivity index (χ0) is 7.56. The molecule has 0 aromatic heterocycles. The van der Waals surface area contributed by atoms with E-state index >= 15 is 0 Å². The van der Waals surface area contributed by atoms with Crippen LogP contribution in [0.25, 0.3) is 0 Å². The van der Waals surface area contributed by atoms with Crippen molar-refractivity contribution >= 4 is 35.9 Å². The second-order valence-corrected chi connectivity index (χ2v) is 2.79. The Labute approximate surface area is 75.0 Å². The van der Waals surface area contributed by atoms with Gasteiger partial charge in [0, 0.05) is 4.43 Å². The summed E-state index contributed by atoms with van der Waals surface area (Å²) in [6, 6.07) is 5.25. The second-order valence-electron chi connectivity index (χ2n) is 2.03. The number of phenolic OH excluding ortho intramolecular Hbond substituents is 1. The molecule has 2 radical (unpaired) electrons. The van der Waals surface area contributed by atoms with Crippen LogP contribution in [0.15, 0.2) is 18.2 Å². The Morgan fingerprint density at radius 2 is 2.20 bits per heavy atom. The minimum atomic E-state index is 0.161. The van der Waals surface area contributed by atoms with Crippen LogP contribution in [0, 0.1) is 0 Å². The van der Waals surface area contributed by atoms with Crippen LogP contribution in [0.4, 0.5) is 0 Å². The number of hydrogen-bond donors (Lipinski definition) is 1. The minimum Gasteiger partial charge on any atom is -0.509 e. The van der Waals surface area contributed by atoms with E-state index in [1.807, 2.05) is 6.07 Å². The average Bonchev–Trinajstić information content (AvgIpc) is 1.95. The Morgan fingerprint density at radius 3 is 2.70 bits per heavy atom. The molecule has 0 bridgehead atoms. The van der Waals surface area contributed by atoms with Crippen molar-refractivity contribution in [3.05, 3.63) is 23.8 Å². The standard InChI is InChI=1S/C7H6BIO/c8-6-3-5(4-9)1-2-7(6)10/h1-3,10H,4H2. The van der Waals surface area contributed by atoms with Crippen LogP contribution in [0.1, 0.15) is 5.56 Å². The largest absolute Gasteiger partial charge is 0.509 e. The molecule has 0 fully saturated rings. The summed E-state index contributed by atoms with van der Waals surface area (Å²) in [4.78, 5) is 0. The van der Waals surface area contributed by atoms with Gasteiger partial charge in [0.15, 0.2) is 0 Å². The topological polar surface area (TPSA) is 20.2 Å². The highest BCUT2D eigenvalue weighted by atomic mass is 127. The molecule has 1 nitrogen and oxygen atoms in total. The molecular weight excluding hydrogens is 238 g/mol. The molecule has 3 heteroatoms. The smallest absolute Gasteiger partial charge is 0.119 e. The SMILES string of the molecule is [B]c1cc(CI)ccc1O. The molecule has 1 rings (SSSR count). The number of phenols is 1. The third-order valence-electron chi connectivity index (χ3n) is 1.25. The predicted octanol–water partition coefficient (Wildman–Crippen LogP) is 1.12. The quantitative estimate of drug-likeness (QED) is 0.445. The maximum Gasteiger partial charge on any atom is 0.119 e. The molecule has 1 N–H and O–H groups in total. The molecule has 0 atom stereocenters. The molecular formula is C7H6BIO. The van der Waals surface area contributed by atoms with Crippen LogP contribution in [0.2, 0.25) is 0 Å². The van der Waals surface area contributed by atoms with E-state index in [2.05, 4.69) is 22.6 Å². The van der Waals surface area contributed by atoms with Crippen LogP contribution in [-0.4, -0.2) is 13.0 Å². The molecule has 0 spiro atoms. The van der Waals surface area contributed by atoms with E-state index in [0.717, 1.165) is 9.99 Å². The van der Waals surface area contributed by atoms with Crippen LogP contribution in [-0.2, 0) is 4.43 Å². The molecule has 0 unspecified atom stereocenters. The normalized spacial score (nSPS) is 9.70. The Kier molecular flexibility index (Phi) is 2.60. The molecule has 0 aliphatic carbocycles. The maximum absolute atomic E-state index is 9.01. The Balaban J connectivity index is 3.04. The van der Waals surface area contributed by atoms with Gasteiger partial charge in [-0.1, -0.05) is 40.2 Å². The predicted molar refractivity (Wildman–Crippen MR) is 51.2 cm³/mol. The van der Waals surface area contributed by atoms with Crippen molar-refractivity contribution in [3.8, 4) is 5.75 Å². The van der Waals surface area contributed by atoms with Gasteiger partial charge in [-0.15, -0.1) is 0 Å². The fourth-order valence-corrected chi connectivity index (χ4v) is 1.16. The molecule has 0 saturated carbocycles. The first-order chi connectivity index (χ1) is 4.74. The zero-order valence-corrected chi connectivity index (χ0v) is 7.50. The fourth-order valence-electron chi connectivity index (χ4n) is 0.687. The number of benzene rings is 1. The van der Waals surface area contributed by atoms with Gasteiger partial charge in [-0.25, -0.2) is 0 Å². The molecule has 0 aliphatic heterocycles. The third-order valence-corrected chi connectivity index (χ3v) is 2.13. The van der Waals surface area contributed by atoms with Crippen molar-refractivity contribution in [1.29, 1.82) is 0 Å². The summed E-state index contributed by atoms with van der Waals surface area (Å²) in [5.41, 5.74) is 1.59. The monoisotopic (exact) mass is 244 g/mol. The second kappa shape index (κ2) is 3.28. The first-order valence-electron chi connectivity index (χ1n) is 2.87. The zero-order valence-electron chi connectivity index (χ0n) is 5.34. The van der Waals surface area contributed by atoms with E-state index in [9.17, 15) is 0 Å². The Morgan fingerprint density at radius 1 is 1.50 bits per heavy atom. The van der Waals surface area contributed by atoms with E-state index in [1.165, 1.54) is 0 Å². The van der Waals surface area contributed by atoms with Gasteiger partial charge in [0.2, 0.25) is 0 Å². The summed E-state index contributed by atoms with van der Waals surface area (Å²) >= 11 is 2.24. The van der Waals surface area contributed by atoms with Crippen LogP contribution in [0.5, 0.6) is 5.75 Å². The van der Waals surface area contributed by atoms with Crippen molar-refractivity contribution in [3.63, 3.8) is 0 Å². The summed E-state index contributed by atoms with van der Waals surface area (Å²) in [7, 11) is 5.44. The number of hydrogen-bond acceptors (Lipinski definition) is 1. The summed E-state index contributed by atoms with van der Waals surface area (Å²) in [5, 5.41) is 9.01. The van der Waals surface area contributed by atoms with E-state index in [0.29, 0.717) is 5.46 Å². The van der Waals surface area contributed by atoms with Crippen molar-refractivity contribution in [2.45, 2.75) is 4.43 Å². The van der Waals surface area contributed by atoms with E-state index in [4.69, 9.17) is 13.0 Å².